The number of carbonyl (C=O) groups is 1. The fourth-order valence-corrected chi connectivity index (χ4v) is 3.29. The lowest BCUT2D eigenvalue weighted by atomic mass is 10.2. The summed E-state index contributed by atoms with van der Waals surface area (Å²) in [5, 5.41) is -0.337. The van der Waals surface area contributed by atoms with Crippen LogP contribution in [0.2, 0.25) is 5.02 Å². The zero-order chi connectivity index (χ0) is 17.0. The van der Waals surface area contributed by atoms with E-state index in [0.29, 0.717) is 5.69 Å². The van der Waals surface area contributed by atoms with E-state index < -0.39 is 27.9 Å². The largest absolute Gasteiger partial charge is 0.468 e. The zero-order valence-electron chi connectivity index (χ0n) is 11.9. The molecule has 2 rings (SSSR count). The molecule has 0 aliphatic rings. The molecule has 1 aromatic heterocycles. The van der Waals surface area contributed by atoms with E-state index in [-0.39, 0.29) is 16.3 Å². The molecular weight excluding hydrogens is 349 g/mol. The number of hydrogen-bond donors (Lipinski definition) is 2. The van der Waals surface area contributed by atoms with Gasteiger partial charge in [-0.25, -0.2) is 17.8 Å². The Bertz CT molecular complexity index is 796. The first-order chi connectivity index (χ1) is 10.8. The van der Waals surface area contributed by atoms with Crippen LogP contribution >= 0.6 is 11.6 Å². The van der Waals surface area contributed by atoms with E-state index in [2.05, 4.69) is 19.4 Å². The fraction of sp³-hybridized carbons (Fsp3) is 0.231. The van der Waals surface area contributed by atoms with Gasteiger partial charge in [0, 0.05) is 18.3 Å². The molecule has 2 aromatic rings. The number of aromatic nitrogens is 2. The number of carbonyl (C=O) groups excluding carboxylic acids is 1. The molecule has 0 radical (unpaired) electrons. The number of ether oxygens (including phenoxy) is 1. The Morgan fingerprint density at radius 2 is 2.26 bits per heavy atom. The average Bonchev–Trinajstić information content (AvgIpc) is 3.01. The van der Waals surface area contributed by atoms with Gasteiger partial charge in [-0.15, -0.1) is 0 Å². The van der Waals surface area contributed by atoms with Crippen molar-refractivity contribution in [2.45, 2.75) is 17.4 Å². The predicted octanol–water partition coefficient (Wildman–Crippen LogP) is 1.26. The highest BCUT2D eigenvalue weighted by atomic mass is 35.5. The van der Waals surface area contributed by atoms with Crippen LogP contribution in [-0.4, -0.2) is 37.5 Å². The summed E-state index contributed by atoms with van der Waals surface area (Å²) in [6.45, 7) is 0. The van der Waals surface area contributed by atoms with Crippen molar-refractivity contribution in [1.29, 1.82) is 0 Å². The maximum Gasteiger partial charge on any atom is 0.324 e. The molecule has 124 valence electrons. The molecule has 0 aliphatic heterocycles. The maximum absolute atomic E-state index is 13.2. The molecule has 10 heteroatoms. The smallest absolute Gasteiger partial charge is 0.324 e. The van der Waals surface area contributed by atoms with Gasteiger partial charge < -0.3 is 9.72 Å². The molecule has 2 N–H and O–H groups in total. The molecule has 0 spiro atoms. The van der Waals surface area contributed by atoms with Crippen LogP contribution in [0.25, 0.3) is 0 Å². The van der Waals surface area contributed by atoms with Gasteiger partial charge in [-0.1, -0.05) is 11.6 Å². The van der Waals surface area contributed by atoms with Crippen LogP contribution in [0.1, 0.15) is 5.69 Å². The van der Waals surface area contributed by atoms with E-state index in [1.165, 1.54) is 12.5 Å². The Labute approximate surface area is 136 Å². The summed E-state index contributed by atoms with van der Waals surface area (Å²) in [5.74, 6) is -1.51. The van der Waals surface area contributed by atoms with Gasteiger partial charge in [0.1, 0.15) is 11.9 Å². The summed E-state index contributed by atoms with van der Waals surface area (Å²) in [6.07, 6.45) is 2.87. The Morgan fingerprint density at radius 1 is 1.52 bits per heavy atom. The average molecular weight is 362 g/mol. The number of esters is 1. The van der Waals surface area contributed by atoms with Crippen LogP contribution in [0.15, 0.2) is 35.6 Å². The van der Waals surface area contributed by atoms with Gasteiger partial charge in [-0.3, -0.25) is 4.79 Å². The summed E-state index contributed by atoms with van der Waals surface area (Å²) >= 11 is 5.59. The molecule has 7 nitrogen and oxygen atoms in total. The number of aromatic amines is 1. The third kappa shape index (κ3) is 4.27. The molecule has 0 bridgehead atoms. The lowest BCUT2D eigenvalue weighted by Crippen LogP contribution is -2.43. The minimum atomic E-state index is -4.09. The predicted molar refractivity (Wildman–Crippen MR) is 79.8 cm³/mol. The van der Waals surface area contributed by atoms with Crippen molar-refractivity contribution in [3.05, 3.63) is 47.3 Å². The highest BCUT2D eigenvalue weighted by Gasteiger charge is 2.27. The summed E-state index contributed by atoms with van der Waals surface area (Å²) in [5.41, 5.74) is 0.542. The minimum absolute atomic E-state index is 0.0147. The second-order valence-corrected chi connectivity index (χ2v) is 6.68. The third-order valence-electron chi connectivity index (χ3n) is 2.96. The first kappa shape index (κ1) is 17.4. The van der Waals surface area contributed by atoms with Crippen molar-refractivity contribution < 1.29 is 22.3 Å². The molecule has 0 saturated carbocycles. The Hall–Kier alpha value is -1.97. The molecule has 1 atom stereocenters. The maximum atomic E-state index is 13.2. The lowest BCUT2D eigenvalue weighted by molar-refractivity contribution is -0.142. The molecule has 0 amide bonds. The zero-order valence-corrected chi connectivity index (χ0v) is 13.5. The number of imidazole rings is 1. The van der Waals surface area contributed by atoms with Crippen molar-refractivity contribution in [3.63, 3.8) is 0 Å². The second kappa shape index (κ2) is 7.07. The highest BCUT2D eigenvalue weighted by molar-refractivity contribution is 7.89. The van der Waals surface area contributed by atoms with E-state index in [1.807, 2.05) is 0 Å². The van der Waals surface area contributed by atoms with Crippen molar-refractivity contribution in [1.82, 2.24) is 14.7 Å². The van der Waals surface area contributed by atoms with E-state index in [1.54, 1.807) is 0 Å². The number of hydrogen-bond acceptors (Lipinski definition) is 5. The fourth-order valence-electron chi connectivity index (χ4n) is 1.83. The highest BCUT2D eigenvalue weighted by Crippen LogP contribution is 2.19. The molecule has 0 fully saturated rings. The van der Waals surface area contributed by atoms with Gasteiger partial charge in [0.25, 0.3) is 0 Å². The van der Waals surface area contributed by atoms with E-state index in [4.69, 9.17) is 11.6 Å². The first-order valence-corrected chi connectivity index (χ1v) is 8.22. The van der Waals surface area contributed by atoms with Gasteiger partial charge >= 0.3 is 5.97 Å². The van der Waals surface area contributed by atoms with Crippen LogP contribution in [0.5, 0.6) is 0 Å². The van der Waals surface area contributed by atoms with Crippen molar-refractivity contribution in [2.75, 3.05) is 7.11 Å². The molecule has 0 saturated heterocycles. The van der Waals surface area contributed by atoms with Crippen molar-refractivity contribution in [2.24, 2.45) is 0 Å². The number of H-pyrrole nitrogens is 1. The lowest BCUT2D eigenvalue weighted by Gasteiger charge is -2.16. The van der Waals surface area contributed by atoms with Crippen LogP contribution in [0, 0.1) is 5.82 Å². The van der Waals surface area contributed by atoms with Crippen molar-refractivity contribution in [3.8, 4) is 0 Å². The van der Waals surface area contributed by atoms with E-state index in [9.17, 15) is 17.6 Å². The van der Waals surface area contributed by atoms with Crippen molar-refractivity contribution >= 4 is 27.6 Å². The summed E-state index contributed by atoms with van der Waals surface area (Å²) < 4.78 is 44.6. The first-order valence-electron chi connectivity index (χ1n) is 6.36. The minimum Gasteiger partial charge on any atom is -0.468 e. The van der Waals surface area contributed by atoms with Crippen LogP contribution < -0.4 is 4.72 Å². The van der Waals surface area contributed by atoms with Gasteiger partial charge in [0.15, 0.2) is 0 Å². The van der Waals surface area contributed by atoms with Crippen LogP contribution in [0.4, 0.5) is 4.39 Å². The van der Waals surface area contributed by atoms with Crippen LogP contribution in [-0.2, 0) is 26.0 Å². The summed E-state index contributed by atoms with van der Waals surface area (Å²) in [4.78, 5) is 18.1. The number of rotatable bonds is 6. The van der Waals surface area contributed by atoms with Crippen LogP contribution in [0.3, 0.4) is 0 Å². The van der Waals surface area contributed by atoms with Gasteiger partial charge in [-0.2, -0.15) is 4.72 Å². The van der Waals surface area contributed by atoms with Gasteiger partial charge in [0.05, 0.1) is 23.4 Å². The second-order valence-electron chi connectivity index (χ2n) is 4.55. The molecule has 0 aliphatic carbocycles. The normalized spacial score (nSPS) is 12.8. The molecule has 1 heterocycles. The number of benzene rings is 1. The molecular formula is C13H13ClFN3O4S. The van der Waals surface area contributed by atoms with E-state index >= 15 is 0 Å². The van der Waals surface area contributed by atoms with E-state index in [0.717, 1.165) is 25.3 Å². The Kier molecular flexibility index (Phi) is 5.34. The number of sulfonamides is 1. The molecule has 23 heavy (non-hydrogen) atoms. The topological polar surface area (TPSA) is 101 Å². The SMILES string of the molecule is COC(=O)[C@H](Cc1cnc[nH]1)NS(=O)(=O)c1ccc(F)c(Cl)c1. The van der Waals surface area contributed by atoms with Gasteiger partial charge in [-0.05, 0) is 18.2 Å². The summed E-state index contributed by atoms with van der Waals surface area (Å²) in [6, 6.07) is 1.77. The third-order valence-corrected chi connectivity index (χ3v) is 4.72. The number of methoxy groups -OCH3 is 1. The standard InChI is InChI=1S/C13H13ClFN3O4S/c1-22-13(19)12(4-8-6-16-7-17-8)18-23(20,21)9-2-3-11(15)10(14)5-9/h2-3,5-7,12,18H,4H2,1H3,(H,16,17)/t12-/m0/s1. The Balaban J connectivity index is 2.26. The molecule has 0 unspecified atom stereocenters. The number of nitrogens with zero attached hydrogens (tertiary/aromatic N) is 1. The molecule has 1 aromatic carbocycles. The summed E-state index contributed by atoms with van der Waals surface area (Å²) in [7, 11) is -2.95. The Morgan fingerprint density at radius 3 is 2.83 bits per heavy atom. The number of nitrogens with one attached hydrogen (secondary N) is 2. The monoisotopic (exact) mass is 361 g/mol. The number of halogens is 2. The quantitative estimate of drug-likeness (QED) is 0.754. The van der Waals surface area contributed by atoms with Gasteiger partial charge in [0.2, 0.25) is 10.0 Å².